The highest BCUT2D eigenvalue weighted by molar-refractivity contribution is 5.79. The molecule has 1 aliphatic rings. The van der Waals surface area contributed by atoms with Crippen molar-refractivity contribution in [3.05, 3.63) is 23.4 Å². The molecule has 0 aliphatic carbocycles. The molecule has 0 aromatic carbocycles. The monoisotopic (exact) mass is 262 g/mol. The largest absolute Gasteiger partial charge is 0.359 e. The minimum Gasteiger partial charge on any atom is -0.359 e. The summed E-state index contributed by atoms with van der Waals surface area (Å²) in [6.45, 7) is 4.26. The van der Waals surface area contributed by atoms with Crippen LogP contribution < -0.4 is 16.0 Å². The predicted octanol–water partition coefficient (Wildman–Crippen LogP) is 0.811. The Labute approximate surface area is 114 Å². The molecule has 0 radical (unpaired) electrons. The fourth-order valence-electron chi connectivity index (χ4n) is 2.66. The molecule has 2 rings (SSSR count). The van der Waals surface area contributed by atoms with Gasteiger partial charge in [-0.3, -0.25) is 4.79 Å². The molecular weight excluding hydrogens is 240 g/mol. The van der Waals surface area contributed by atoms with E-state index in [4.69, 9.17) is 5.73 Å². The highest BCUT2D eigenvalue weighted by Gasteiger charge is 2.26. The van der Waals surface area contributed by atoms with Crippen molar-refractivity contribution in [2.45, 2.75) is 26.3 Å². The minimum atomic E-state index is 0.0640. The molecule has 1 aromatic heterocycles. The third-order valence-electron chi connectivity index (χ3n) is 3.68. The van der Waals surface area contributed by atoms with Gasteiger partial charge in [0.1, 0.15) is 5.82 Å². The maximum Gasteiger partial charge on any atom is 0.224 e. The molecule has 1 saturated heterocycles. The first-order chi connectivity index (χ1) is 9.15. The van der Waals surface area contributed by atoms with Gasteiger partial charge in [0.2, 0.25) is 5.91 Å². The SMILES string of the molecule is CNC(=O)C1CCCN(c2ncc(CN)cc2C)C1. The van der Waals surface area contributed by atoms with Crippen LogP contribution >= 0.6 is 0 Å². The van der Waals surface area contributed by atoms with Gasteiger partial charge in [-0.15, -0.1) is 0 Å². The molecule has 1 fully saturated rings. The van der Waals surface area contributed by atoms with Gasteiger partial charge in [0, 0.05) is 32.9 Å². The topological polar surface area (TPSA) is 71.2 Å². The number of aromatic nitrogens is 1. The smallest absolute Gasteiger partial charge is 0.224 e. The number of hydrogen-bond donors (Lipinski definition) is 2. The molecule has 0 saturated carbocycles. The molecule has 0 bridgehead atoms. The van der Waals surface area contributed by atoms with Crippen LogP contribution in [-0.2, 0) is 11.3 Å². The van der Waals surface area contributed by atoms with Crippen LogP contribution in [0.2, 0.25) is 0 Å². The Morgan fingerprint density at radius 2 is 2.42 bits per heavy atom. The summed E-state index contributed by atoms with van der Waals surface area (Å²) in [6.07, 6.45) is 3.81. The minimum absolute atomic E-state index is 0.0640. The Balaban J connectivity index is 2.15. The number of aryl methyl sites for hydroxylation is 1. The average Bonchev–Trinajstić information content (AvgIpc) is 2.46. The van der Waals surface area contributed by atoms with E-state index in [1.807, 2.05) is 13.1 Å². The molecule has 1 aliphatic heterocycles. The van der Waals surface area contributed by atoms with Gasteiger partial charge in [-0.1, -0.05) is 0 Å². The lowest BCUT2D eigenvalue weighted by Gasteiger charge is -2.33. The Morgan fingerprint density at radius 1 is 1.63 bits per heavy atom. The zero-order chi connectivity index (χ0) is 13.8. The number of carbonyl (C=O) groups is 1. The number of nitrogens with one attached hydrogen (secondary N) is 1. The summed E-state index contributed by atoms with van der Waals surface area (Å²) in [7, 11) is 1.70. The quantitative estimate of drug-likeness (QED) is 0.845. The van der Waals surface area contributed by atoms with E-state index in [-0.39, 0.29) is 11.8 Å². The fraction of sp³-hybridized carbons (Fsp3) is 0.571. The maximum atomic E-state index is 11.8. The van der Waals surface area contributed by atoms with Crippen molar-refractivity contribution in [3.8, 4) is 0 Å². The lowest BCUT2D eigenvalue weighted by Crippen LogP contribution is -2.42. The van der Waals surface area contributed by atoms with E-state index in [0.29, 0.717) is 6.54 Å². The fourth-order valence-corrected chi connectivity index (χ4v) is 2.66. The van der Waals surface area contributed by atoms with Crippen LogP contribution in [0.4, 0.5) is 5.82 Å². The Bertz CT molecular complexity index is 461. The van der Waals surface area contributed by atoms with Crippen LogP contribution in [0.15, 0.2) is 12.3 Å². The zero-order valence-electron chi connectivity index (χ0n) is 11.6. The van der Waals surface area contributed by atoms with Gasteiger partial charge >= 0.3 is 0 Å². The van der Waals surface area contributed by atoms with Crippen LogP contribution in [0.3, 0.4) is 0 Å². The molecular formula is C14H22N4O. The van der Waals surface area contributed by atoms with Gasteiger partial charge in [-0.25, -0.2) is 4.98 Å². The first-order valence-corrected chi connectivity index (χ1v) is 6.77. The van der Waals surface area contributed by atoms with Crippen LogP contribution in [0.25, 0.3) is 0 Å². The number of carbonyl (C=O) groups excluding carboxylic acids is 1. The van der Waals surface area contributed by atoms with Gasteiger partial charge in [-0.2, -0.15) is 0 Å². The molecule has 5 nitrogen and oxygen atoms in total. The van der Waals surface area contributed by atoms with Crippen molar-refractivity contribution in [3.63, 3.8) is 0 Å². The second-order valence-corrected chi connectivity index (χ2v) is 5.09. The van der Waals surface area contributed by atoms with E-state index in [1.165, 1.54) is 0 Å². The normalized spacial score (nSPS) is 19.3. The van der Waals surface area contributed by atoms with Gasteiger partial charge in [-0.05, 0) is 37.0 Å². The zero-order valence-corrected chi connectivity index (χ0v) is 11.6. The predicted molar refractivity (Wildman–Crippen MR) is 75.9 cm³/mol. The summed E-state index contributed by atoms with van der Waals surface area (Å²) in [6, 6.07) is 2.08. The van der Waals surface area contributed by atoms with Crippen molar-refractivity contribution < 1.29 is 4.79 Å². The number of anilines is 1. The van der Waals surface area contributed by atoms with E-state index in [9.17, 15) is 4.79 Å². The van der Waals surface area contributed by atoms with Crippen LogP contribution in [-0.4, -0.2) is 31.0 Å². The van der Waals surface area contributed by atoms with Crippen molar-refractivity contribution in [2.75, 3.05) is 25.0 Å². The van der Waals surface area contributed by atoms with E-state index >= 15 is 0 Å². The summed E-state index contributed by atoms with van der Waals surface area (Å²) >= 11 is 0. The summed E-state index contributed by atoms with van der Waals surface area (Å²) in [4.78, 5) is 18.5. The van der Waals surface area contributed by atoms with Gasteiger partial charge in [0.15, 0.2) is 0 Å². The Kier molecular flexibility index (Phi) is 4.37. The molecule has 0 spiro atoms. The molecule has 104 valence electrons. The molecule has 2 heterocycles. The first kappa shape index (κ1) is 13.8. The number of rotatable bonds is 3. The highest BCUT2D eigenvalue weighted by Crippen LogP contribution is 2.24. The van der Waals surface area contributed by atoms with E-state index < -0.39 is 0 Å². The van der Waals surface area contributed by atoms with Gasteiger partial charge < -0.3 is 16.0 Å². The van der Waals surface area contributed by atoms with Crippen molar-refractivity contribution in [1.29, 1.82) is 0 Å². The molecule has 3 N–H and O–H groups in total. The number of piperidine rings is 1. The number of hydrogen-bond acceptors (Lipinski definition) is 4. The highest BCUT2D eigenvalue weighted by atomic mass is 16.1. The van der Waals surface area contributed by atoms with E-state index in [2.05, 4.69) is 21.3 Å². The standard InChI is InChI=1S/C14H22N4O/c1-10-6-11(7-15)8-17-13(10)18-5-3-4-12(9-18)14(19)16-2/h6,8,12H,3-5,7,9,15H2,1-2H3,(H,16,19). The van der Waals surface area contributed by atoms with Crippen LogP contribution in [0.1, 0.15) is 24.0 Å². The van der Waals surface area contributed by atoms with Gasteiger partial charge in [0.05, 0.1) is 5.92 Å². The lowest BCUT2D eigenvalue weighted by molar-refractivity contribution is -0.124. The molecule has 19 heavy (non-hydrogen) atoms. The maximum absolute atomic E-state index is 11.8. The lowest BCUT2D eigenvalue weighted by atomic mass is 9.97. The molecule has 1 aromatic rings. The summed E-state index contributed by atoms with van der Waals surface area (Å²) < 4.78 is 0. The third-order valence-corrected chi connectivity index (χ3v) is 3.68. The first-order valence-electron chi connectivity index (χ1n) is 6.77. The van der Waals surface area contributed by atoms with Crippen LogP contribution in [0.5, 0.6) is 0 Å². The Hall–Kier alpha value is -1.62. The van der Waals surface area contributed by atoms with E-state index in [0.717, 1.165) is 42.9 Å². The van der Waals surface area contributed by atoms with Gasteiger partial charge in [0.25, 0.3) is 0 Å². The molecule has 5 heteroatoms. The number of nitrogens with two attached hydrogens (primary N) is 1. The average molecular weight is 262 g/mol. The summed E-state index contributed by atoms with van der Waals surface area (Å²) in [5.74, 6) is 1.17. The second kappa shape index (κ2) is 6.02. The second-order valence-electron chi connectivity index (χ2n) is 5.09. The van der Waals surface area contributed by atoms with Crippen molar-refractivity contribution in [2.24, 2.45) is 11.7 Å². The molecule has 1 amide bonds. The number of nitrogens with zero attached hydrogens (tertiary/aromatic N) is 2. The summed E-state index contributed by atoms with van der Waals surface area (Å²) in [5.41, 5.74) is 7.79. The Morgan fingerprint density at radius 3 is 3.05 bits per heavy atom. The molecule has 1 unspecified atom stereocenters. The number of pyridine rings is 1. The van der Waals surface area contributed by atoms with Crippen molar-refractivity contribution >= 4 is 11.7 Å². The van der Waals surface area contributed by atoms with Crippen molar-refractivity contribution in [1.82, 2.24) is 10.3 Å². The molecule has 1 atom stereocenters. The third kappa shape index (κ3) is 3.04. The van der Waals surface area contributed by atoms with Crippen LogP contribution in [0, 0.1) is 12.8 Å². The summed E-state index contributed by atoms with van der Waals surface area (Å²) in [5, 5.41) is 2.74. The number of amides is 1. The van der Waals surface area contributed by atoms with E-state index in [1.54, 1.807) is 7.05 Å².